The first-order chi connectivity index (χ1) is 15.8. The van der Waals surface area contributed by atoms with Crippen molar-refractivity contribution in [2.24, 2.45) is 0 Å². The highest BCUT2D eigenvalue weighted by Gasteiger charge is 2.27. The van der Waals surface area contributed by atoms with Gasteiger partial charge in [0.1, 0.15) is 11.6 Å². The van der Waals surface area contributed by atoms with Gasteiger partial charge in [-0.1, -0.05) is 41.4 Å². The third-order valence-electron chi connectivity index (χ3n) is 5.26. The molecule has 0 aliphatic carbocycles. The number of nitrogens with zero attached hydrogens (tertiary/aromatic N) is 2. The van der Waals surface area contributed by atoms with E-state index in [0.29, 0.717) is 5.56 Å². The van der Waals surface area contributed by atoms with Crippen molar-refractivity contribution >= 4 is 40.1 Å². The van der Waals surface area contributed by atoms with Crippen molar-refractivity contribution in [2.75, 3.05) is 0 Å². The van der Waals surface area contributed by atoms with Crippen molar-refractivity contribution in [3.63, 3.8) is 0 Å². The quantitative estimate of drug-likeness (QED) is 0.290. The van der Waals surface area contributed by atoms with Crippen molar-refractivity contribution < 1.29 is 18.7 Å². The molecular weight excluding hydrogens is 471 g/mol. The van der Waals surface area contributed by atoms with E-state index in [1.807, 2.05) is 12.1 Å². The Bertz CT molecular complexity index is 1560. The molecule has 5 rings (SSSR count). The van der Waals surface area contributed by atoms with Gasteiger partial charge >= 0.3 is 5.97 Å². The Morgan fingerprint density at radius 1 is 0.970 bits per heavy atom. The molecule has 0 unspecified atom stereocenters. The molecule has 0 atom stereocenters. The second-order valence-electron chi connectivity index (χ2n) is 7.25. The maximum Gasteiger partial charge on any atom is 0.356 e. The van der Waals surface area contributed by atoms with Crippen molar-refractivity contribution in [2.45, 2.75) is 0 Å². The number of carbonyl (C=O) groups is 1. The molecule has 0 saturated carbocycles. The molecule has 164 valence electrons. The van der Waals surface area contributed by atoms with Crippen LogP contribution in [0.1, 0.15) is 10.5 Å². The fraction of sp³-hybridized carbons (Fsp3) is 0. The SMILES string of the molecule is O=C(O)c1nc(-c2ccc3cc[nH]c3c2)n(-c2cccc(Cl)c2F)c1-c1ccc(F)c(Cl)c1. The summed E-state index contributed by atoms with van der Waals surface area (Å²) in [5.41, 5.74) is 1.24. The first-order valence-corrected chi connectivity index (χ1v) is 10.4. The second kappa shape index (κ2) is 8.03. The summed E-state index contributed by atoms with van der Waals surface area (Å²) < 4.78 is 30.4. The lowest BCUT2D eigenvalue weighted by Gasteiger charge is -2.15. The number of rotatable bonds is 4. The summed E-state index contributed by atoms with van der Waals surface area (Å²) in [6, 6.07) is 15.4. The standard InChI is InChI=1S/C24H13Cl2F2N3O2/c25-15-2-1-3-19(20(15)28)31-22(13-6-7-17(27)16(26)10-13)21(24(32)33)30-23(31)14-5-4-12-8-9-29-18(12)11-14/h1-11,29H,(H,32,33). The smallest absolute Gasteiger partial charge is 0.356 e. The van der Waals surface area contributed by atoms with Gasteiger partial charge in [-0.25, -0.2) is 18.6 Å². The predicted octanol–water partition coefficient (Wildman–Crippen LogP) is 6.97. The lowest BCUT2D eigenvalue weighted by molar-refractivity contribution is 0.0692. The van der Waals surface area contributed by atoms with Gasteiger partial charge in [0.25, 0.3) is 0 Å². The Kier molecular flexibility index (Phi) is 5.15. The lowest BCUT2D eigenvalue weighted by atomic mass is 10.1. The Labute approximate surface area is 195 Å². The maximum absolute atomic E-state index is 15.2. The number of benzene rings is 3. The van der Waals surface area contributed by atoms with Crippen LogP contribution in [0.4, 0.5) is 8.78 Å². The molecule has 0 aliphatic heterocycles. The monoisotopic (exact) mass is 483 g/mol. The van der Waals surface area contributed by atoms with Gasteiger partial charge in [0.05, 0.1) is 21.4 Å². The highest BCUT2D eigenvalue weighted by atomic mass is 35.5. The first-order valence-electron chi connectivity index (χ1n) is 9.68. The Morgan fingerprint density at radius 2 is 1.76 bits per heavy atom. The molecule has 0 amide bonds. The zero-order valence-electron chi connectivity index (χ0n) is 16.6. The first kappa shape index (κ1) is 21.2. The van der Waals surface area contributed by atoms with Crippen molar-refractivity contribution in [1.29, 1.82) is 0 Å². The van der Waals surface area contributed by atoms with Crippen LogP contribution in [0, 0.1) is 11.6 Å². The van der Waals surface area contributed by atoms with Crippen LogP contribution >= 0.6 is 23.2 Å². The number of carboxylic acids is 1. The van der Waals surface area contributed by atoms with E-state index in [9.17, 15) is 14.3 Å². The van der Waals surface area contributed by atoms with E-state index < -0.39 is 17.6 Å². The topological polar surface area (TPSA) is 70.9 Å². The van der Waals surface area contributed by atoms with Gasteiger partial charge in [-0.05, 0) is 47.9 Å². The van der Waals surface area contributed by atoms with Crippen molar-refractivity contribution in [3.8, 4) is 28.3 Å². The van der Waals surface area contributed by atoms with E-state index in [4.69, 9.17) is 23.2 Å². The summed E-state index contributed by atoms with van der Waals surface area (Å²) in [4.78, 5) is 19.6. The summed E-state index contributed by atoms with van der Waals surface area (Å²) in [7, 11) is 0. The number of nitrogens with one attached hydrogen (secondary N) is 1. The number of hydrogen-bond donors (Lipinski definition) is 2. The van der Waals surface area contributed by atoms with E-state index in [2.05, 4.69) is 9.97 Å². The minimum absolute atomic E-state index is 0.0143. The third-order valence-corrected chi connectivity index (χ3v) is 5.84. The highest BCUT2D eigenvalue weighted by molar-refractivity contribution is 6.31. The molecule has 9 heteroatoms. The van der Waals surface area contributed by atoms with Crippen LogP contribution in [-0.4, -0.2) is 25.6 Å². The van der Waals surface area contributed by atoms with Crippen LogP contribution < -0.4 is 0 Å². The molecule has 2 aromatic heterocycles. The van der Waals surface area contributed by atoms with Gasteiger partial charge in [-0.2, -0.15) is 0 Å². The number of aromatic nitrogens is 3. The number of hydrogen-bond acceptors (Lipinski definition) is 2. The summed E-state index contributed by atoms with van der Waals surface area (Å²) in [5, 5.41) is 10.5. The average molecular weight is 484 g/mol. The molecule has 0 bridgehead atoms. The molecular formula is C24H13Cl2F2N3O2. The van der Waals surface area contributed by atoms with Crippen LogP contribution in [0.5, 0.6) is 0 Å². The van der Waals surface area contributed by atoms with Crippen LogP contribution in [-0.2, 0) is 0 Å². The molecule has 0 saturated heterocycles. The van der Waals surface area contributed by atoms with Gasteiger partial charge in [0.15, 0.2) is 11.5 Å². The van der Waals surface area contributed by atoms with E-state index in [1.54, 1.807) is 24.4 Å². The summed E-state index contributed by atoms with van der Waals surface area (Å²) >= 11 is 12.0. The molecule has 5 aromatic rings. The molecule has 0 radical (unpaired) electrons. The number of aromatic amines is 1. The lowest BCUT2D eigenvalue weighted by Crippen LogP contribution is -2.05. The molecule has 33 heavy (non-hydrogen) atoms. The summed E-state index contributed by atoms with van der Waals surface area (Å²) in [6.45, 7) is 0. The number of fused-ring (bicyclic) bond motifs is 1. The zero-order valence-corrected chi connectivity index (χ0v) is 18.1. The number of aromatic carboxylic acids is 1. The third kappa shape index (κ3) is 3.55. The normalized spacial score (nSPS) is 11.3. The molecule has 2 N–H and O–H groups in total. The molecule has 5 nitrogen and oxygen atoms in total. The Hall–Kier alpha value is -3.68. The fourth-order valence-electron chi connectivity index (χ4n) is 3.76. The molecule has 0 spiro atoms. The van der Waals surface area contributed by atoms with Gasteiger partial charge in [-0.3, -0.25) is 4.57 Å². The van der Waals surface area contributed by atoms with Crippen LogP contribution in [0.25, 0.3) is 39.2 Å². The summed E-state index contributed by atoms with van der Waals surface area (Å²) in [6.07, 6.45) is 1.77. The fourth-order valence-corrected chi connectivity index (χ4v) is 4.11. The van der Waals surface area contributed by atoms with Gasteiger partial charge in [0, 0.05) is 22.8 Å². The Morgan fingerprint density at radius 3 is 2.52 bits per heavy atom. The minimum atomic E-state index is -1.34. The zero-order chi connectivity index (χ0) is 23.3. The van der Waals surface area contributed by atoms with E-state index >= 15 is 4.39 Å². The molecule has 0 fully saturated rings. The van der Waals surface area contributed by atoms with E-state index in [1.165, 1.54) is 28.8 Å². The Balaban J connectivity index is 1.90. The van der Waals surface area contributed by atoms with E-state index in [-0.39, 0.29) is 38.5 Å². The number of imidazole rings is 1. The number of carboxylic acid groups (broad SMARTS) is 1. The molecule has 0 aliphatic rings. The second-order valence-corrected chi connectivity index (χ2v) is 8.07. The van der Waals surface area contributed by atoms with Gasteiger partial charge in [0.2, 0.25) is 0 Å². The van der Waals surface area contributed by atoms with Crippen LogP contribution in [0.15, 0.2) is 66.9 Å². The molecule has 2 heterocycles. The number of halogens is 4. The highest BCUT2D eigenvalue weighted by Crippen LogP contribution is 2.37. The van der Waals surface area contributed by atoms with E-state index in [0.717, 1.165) is 17.0 Å². The number of H-pyrrole nitrogens is 1. The summed E-state index contributed by atoms with van der Waals surface area (Å²) in [5.74, 6) is -2.60. The largest absolute Gasteiger partial charge is 0.476 e. The van der Waals surface area contributed by atoms with Gasteiger partial charge in [-0.15, -0.1) is 0 Å². The minimum Gasteiger partial charge on any atom is -0.476 e. The maximum atomic E-state index is 15.2. The van der Waals surface area contributed by atoms with Crippen molar-refractivity contribution in [3.05, 3.63) is 94.2 Å². The average Bonchev–Trinajstić information content (AvgIpc) is 3.42. The van der Waals surface area contributed by atoms with Gasteiger partial charge < -0.3 is 10.1 Å². The predicted molar refractivity (Wildman–Crippen MR) is 123 cm³/mol. The van der Waals surface area contributed by atoms with Crippen LogP contribution in [0.3, 0.4) is 0 Å². The molecule has 3 aromatic carbocycles. The van der Waals surface area contributed by atoms with Crippen molar-refractivity contribution in [1.82, 2.24) is 14.5 Å². The van der Waals surface area contributed by atoms with Crippen LogP contribution in [0.2, 0.25) is 10.0 Å².